The number of fused-ring (bicyclic) bond motifs is 2. The van der Waals surface area contributed by atoms with E-state index in [0.29, 0.717) is 18.7 Å². The summed E-state index contributed by atoms with van der Waals surface area (Å²) in [5, 5.41) is 3.77. The first kappa shape index (κ1) is 17.9. The lowest BCUT2D eigenvalue weighted by molar-refractivity contribution is -0.126. The Morgan fingerprint density at radius 3 is 3.04 bits per heavy atom. The largest absolute Gasteiger partial charge is 0.361 e. The van der Waals surface area contributed by atoms with Crippen LogP contribution in [0, 0.1) is 0 Å². The van der Waals surface area contributed by atoms with Gasteiger partial charge in [0.15, 0.2) is 0 Å². The first-order chi connectivity index (χ1) is 13.5. The predicted molar refractivity (Wildman–Crippen MR) is 108 cm³/mol. The maximum Gasteiger partial charge on any atom is 0.246 e. The molecule has 7 nitrogen and oxygen atoms in total. The first-order valence-electron chi connectivity index (χ1n) is 9.17. The number of pyridine rings is 2. The summed E-state index contributed by atoms with van der Waals surface area (Å²) in [4.78, 5) is 37.5. The fourth-order valence-electron chi connectivity index (χ4n) is 3.38. The molecule has 0 saturated carbocycles. The lowest BCUT2D eigenvalue weighted by Crippen LogP contribution is -2.27. The van der Waals surface area contributed by atoms with E-state index in [4.69, 9.17) is 0 Å². The normalized spacial score (nSPS) is 14.7. The minimum absolute atomic E-state index is 0.0124. The zero-order valence-electron chi connectivity index (χ0n) is 15.8. The van der Waals surface area contributed by atoms with E-state index in [2.05, 4.69) is 20.3 Å². The van der Waals surface area contributed by atoms with Crippen LogP contribution >= 0.6 is 0 Å². The van der Waals surface area contributed by atoms with E-state index >= 15 is 0 Å². The number of aryl methyl sites for hydroxylation is 1. The fourth-order valence-corrected chi connectivity index (χ4v) is 3.38. The monoisotopic (exact) mass is 375 g/mol. The molecule has 0 fully saturated rings. The molecule has 0 radical (unpaired) electrons. The van der Waals surface area contributed by atoms with Gasteiger partial charge in [0.2, 0.25) is 11.8 Å². The average molecular weight is 375 g/mol. The Bertz CT molecular complexity index is 1090. The molecule has 0 saturated heterocycles. The van der Waals surface area contributed by atoms with Crippen LogP contribution in [0.3, 0.4) is 0 Å². The molecule has 1 atom stereocenters. The van der Waals surface area contributed by atoms with Gasteiger partial charge in [0.25, 0.3) is 0 Å². The molecule has 0 aromatic carbocycles. The number of carbonyl (C=O) groups excluding carboxylic acids is 2. The zero-order valence-corrected chi connectivity index (χ0v) is 15.8. The maximum absolute atomic E-state index is 12.7. The van der Waals surface area contributed by atoms with Crippen molar-refractivity contribution in [2.24, 2.45) is 0 Å². The molecule has 0 spiro atoms. The summed E-state index contributed by atoms with van der Waals surface area (Å²) in [6, 6.07) is 3.77. The van der Waals surface area contributed by atoms with E-state index in [1.165, 1.54) is 0 Å². The van der Waals surface area contributed by atoms with Gasteiger partial charge in [0, 0.05) is 60.8 Å². The van der Waals surface area contributed by atoms with Gasteiger partial charge in [-0.3, -0.25) is 14.6 Å². The number of nitrogens with one attached hydrogen (secondary N) is 2. The Hall–Kier alpha value is -3.48. The van der Waals surface area contributed by atoms with Crippen molar-refractivity contribution in [3.05, 3.63) is 59.7 Å². The highest BCUT2D eigenvalue weighted by molar-refractivity contribution is 5.94. The van der Waals surface area contributed by atoms with Crippen LogP contribution in [0.4, 0.5) is 5.82 Å². The first-order valence-corrected chi connectivity index (χ1v) is 9.17. The Morgan fingerprint density at radius 1 is 1.32 bits per heavy atom. The molecule has 28 heavy (non-hydrogen) atoms. The van der Waals surface area contributed by atoms with Gasteiger partial charge in [0.1, 0.15) is 5.82 Å². The zero-order chi connectivity index (χ0) is 19.7. The van der Waals surface area contributed by atoms with Crippen LogP contribution in [0.15, 0.2) is 43.0 Å². The quantitative estimate of drug-likeness (QED) is 0.686. The maximum atomic E-state index is 12.7. The molecule has 1 aliphatic rings. The standard InChI is InChI=1S/C21H21N5O2/c1-13(16-12-23-18-7-8-22-11-17(16)18)26(2)20(28)6-3-14-9-15-4-5-19(27)25-21(15)24-10-14/h3,6-13,23H,4-5H2,1-2H3,(H,24,25,27). The third-order valence-corrected chi connectivity index (χ3v) is 5.18. The van der Waals surface area contributed by atoms with Crippen molar-refractivity contribution in [3.63, 3.8) is 0 Å². The number of carbonyl (C=O) groups is 2. The van der Waals surface area contributed by atoms with E-state index in [1.807, 2.05) is 31.5 Å². The lowest BCUT2D eigenvalue weighted by atomic mass is 10.0. The summed E-state index contributed by atoms with van der Waals surface area (Å²) < 4.78 is 0. The van der Waals surface area contributed by atoms with Gasteiger partial charge in [-0.1, -0.05) is 0 Å². The Balaban J connectivity index is 1.49. The second-order valence-corrected chi connectivity index (χ2v) is 6.95. The van der Waals surface area contributed by atoms with Crippen molar-refractivity contribution < 1.29 is 9.59 Å². The Labute approximate surface area is 162 Å². The smallest absolute Gasteiger partial charge is 0.246 e. The van der Waals surface area contributed by atoms with E-state index < -0.39 is 0 Å². The molecule has 4 rings (SSSR count). The molecular weight excluding hydrogens is 354 g/mol. The van der Waals surface area contributed by atoms with Crippen LogP contribution in [0.1, 0.15) is 36.1 Å². The molecule has 1 aliphatic heterocycles. The minimum atomic E-state index is -0.105. The van der Waals surface area contributed by atoms with Crippen LogP contribution in [0.5, 0.6) is 0 Å². The molecule has 4 heterocycles. The molecule has 0 bridgehead atoms. The molecule has 142 valence electrons. The molecule has 7 heteroatoms. The van der Waals surface area contributed by atoms with Crippen LogP contribution in [0.2, 0.25) is 0 Å². The Kier molecular flexibility index (Phi) is 4.65. The summed E-state index contributed by atoms with van der Waals surface area (Å²) in [6.45, 7) is 1.99. The van der Waals surface area contributed by atoms with Crippen molar-refractivity contribution in [2.45, 2.75) is 25.8 Å². The van der Waals surface area contributed by atoms with Gasteiger partial charge < -0.3 is 15.2 Å². The Morgan fingerprint density at radius 2 is 2.18 bits per heavy atom. The van der Waals surface area contributed by atoms with Crippen LogP contribution in [-0.2, 0) is 16.0 Å². The molecular formula is C21H21N5O2. The van der Waals surface area contributed by atoms with Crippen LogP contribution in [0.25, 0.3) is 17.0 Å². The predicted octanol–water partition coefficient (Wildman–Crippen LogP) is 3.08. The van der Waals surface area contributed by atoms with Crippen LogP contribution in [-0.4, -0.2) is 38.7 Å². The minimum Gasteiger partial charge on any atom is -0.361 e. The van der Waals surface area contributed by atoms with Crippen molar-refractivity contribution in [2.75, 3.05) is 12.4 Å². The van der Waals surface area contributed by atoms with Crippen molar-refractivity contribution >= 4 is 34.6 Å². The molecule has 3 aromatic heterocycles. The van der Waals surface area contributed by atoms with E-state index in [1.54, 1.807) is 36.5 Å². The topological polar surface area (TPSA) is 91.0 Å². The highest BCUT2D eigenvalue weighted by Gasteiger charge is 2.19. The molecule has 3 aromatic rings. The summed E-state index contributed by atoms with van der Waals surface area (Å²) in [7, 11) is 1.78. The number of hydrogen-bond acceptors (Lipinski definition) is 4. The number of likely N-dealkylation sites (N-methyl/N-ethyl adjacent to an activating group) is 1. The van der Waals surface area contributed by atoms with Crippen molar-refractivity contribution in [1.29, 1.82) is 0 Å². The van der Waals surface area contributed by atoms with Gasteiger partial charge in [-0.2, -0.15) is 0 Å². The molecule has 2 amide bonds. The average Bonchev–Trinajstić information content (AvgIpc) is 3.15. The summed E-state index contributed by atoms with van der Waals surface area (Å²) in [6.07, 6.45) is 11.6. The fraction of sp³-hybridized carbons (Fsp3) is 0.238. The number of aromatic nitrogens is 3. The second kappa shape index (κ2) is 7.26. The number of anilines is 1. The van der Waals surface area contributed by atoms with E-state index in [9.17, 15) is 9.59 Å². The van der Waals surface area contributed by atoms with Gasteiger partial charge in [-0.05, 0) is 42.7 Å². The van der Waals surface area contributed by atoms with Crippen molar-refractivity contribution in [1.82, 2.24) is 19.9 Å². The highest BCUT2D eigenvalue weighted by atomic mass is 16.2. The molecule has 2 N–H and O–H groups in total. The summed E-state index contributed by atoms with van der Waals surface area (Å²) in [5.74, 6) is 0.497. The van der Waals surface area contributed by atoms with Crippen molar-refractivity contribution in [3.8, 4) is 0 Å². The van der Waals surface area contributed by atoms with Gasteiger partial charge >= 0.3 is 0 Å². The van der Waals surface area contributed by atoms with E-state index in [-0.39, 0.29) is 17.9 Å². The number of amides is 2. The van der Waals surface area contributed by atoms with Gasteiger partial charge in [0.05, 0.1) is 6.04 Å². The van der Waals surface area contributed by atoms with Gasteiger partial charge in [-0.15, -0.1) is 0 Å². The van der Waals surface area contributed by atoms with Crippen LogP contribution < -0.4 is 5.32 Å². The molecule has 0 aliphatic carbocycles. The SMILES string of the molecule is CC(c1c[nH]c2ccncc12)N(C)C(=O)C=Cc1cnc2c(c1)CCC(=O)N2. The number of H-pyrrole nitrogens is 1. The third kappa shape index (κ3) is 3.38. The second-order valence-electron chi connectivity index (χ2n) is 6.95. The summed E-state index contributed by atoms with van der Waals surface area (Å²) in [5.41, 5.74) is 3.85. The highest BCUT2D eigenvalue weighted by Crippen LogP contribution is 2.27. The number of nitrogens with zero attached hydrogens (tertiary/aromatic N) is 3. The summed E-state index contributed by atoms with van der Waals surface area (Å²) >= 11 is 0. The number of hydrogen-bond donors (Lipinski definition) is 2. The number of aromatic amines is 1. The lowest BCUT2D eigenvalue weighted by Gasteiger charge is -2.23. The number of rotatable bonds is 4. The van der Waals surface area contributed by atoms with E-state index in [0.717, 1.165) is 27.6 Å². The molecule has 1 unspecified atom stereocenters. The third-order valence-electron chi connectivity index (χ3n) is 5.18. The van der Waals surface area contributed by atoms with Gasteiger partial charge in [-0.25, -0.2) is 4.98 Å².